The van der Waals surface area contributed by atoms with E-state index in [0.717, 1.165) is 167 Å². The van der Waals surface area contributed by atoms with Crippen LogP contribution in [0.15, 0.2) is 146 Å². The highest BCUT2D eigenvalue weighted by molar-refractivity contribution is 7.47. The van der Waals surface area contributed by atoms with Gasteiger partial charge in [0.25, 0.3) is 0 Å². The van der Waals surface area contributed by atoms with E-state index >= 15 is 0 Å². The zero-order valence-electron chi connectivity index (χ0n) is 54.5. The third-order valence-electron chi connectivity index (χ3n) is 13.0. The molecule has 0 rings (SSSR count). The van der Waals surface area contributed by atoms with Gasteiger partial charge in [-0.1, -0.05) is 218 Å². The van der Waals surface area contributed by atoms with E-state index in [2.05, 4.69) is 167 Å². The molecule has 16 nitrogen and oxygen atoms in total. The van der Waals surface area contributed by atoms with E-state index in [9.17, 15) is 43.5 Å². The molecule has 0 bridgehead atoms. The van der Waals surface area contributed by atoms with Crippen molar-refractivity contribution >= 4 is 33.6 Å². The Labute approximate surface area is 537 Å². The van der Waals surface area contributed by atoms with Crippen molar-refractivity contribution in [1.29, 1.82) is 0 Å². The zero-order chi connectivity index (χ0) is 65.3. The van der Waals surface area contributed by atoms with E-state index in [1.54, 1.807) is 0 Å². The number of aliphatic hydroxyl groups excluding tert-OH is 2. The van der Waals surface area contributed by atoms with Gasteiger partial charge in [0.1, 0.15) is 25.4 Å². The largest absolute Gasteiger partial charge is 0.472 e. The molecule has 4 N–H and O–H groups in total. The van der Waals surface area contributed by atoms with Gasteiger partial charge in [0.15, 0.2) is 6.10 Å². The monoisotopic (exact) mass is 1290 g/mol. The first kappa shape index (κ1) is 84.4. The number of hydrogen-bond acceptors (Lipinski definition) is 14. The molecule has 506 valence electrons. The molecule has 18 heteroatoms. The lowest BCUT2D eigenvalue weighted by atomic mass is 10.1. The van der Waals surface area contributed by atoms with Crippen molar-refractivity contribution in [3.05, 3.63) is 146 Å². The number of phosphoric ester groups is 2. The smallest absolute Gasteiger partial charge is 0.463 e. The fourth-order valence-corrected chi connectivity index (χ4v) is 9.66. The average molecular weight is 1290 g/mol. The number of allylic oxidation sites excluding steroid dienone is 24. The van der Waals surface area contributed by atoms with Crippen LogP contribution in [0.3, 0.4) is 0 Å². The number of rotatable bonds is 61. The van der Waals surface area contributed by atoms with Crippen molar-refractivity contribution in [2.75, 3.05) is 39.6 Å². The number of hydrogen-bond donors (Lipinski definition) is 4. The summed E-state index contributed by atoms with van der Waals surface area (Å²) in [7, 11) is -9.80. The lowest BCUT2D eigenvalue weighted by Crippen LogP contribution is -2.30. The van der Waals surface area contributed by atoms with Crippen molar-refractivity contribution in [1.82, 2.24) is 0 Å². The van der Waals surface area contributed by atoms with Crippen LogP contribution in [0.1, 0.15) is 226 Å². The van der Waals surface area contributed by atoms with Crippen LogP contribution in [0.2, 0.25) is 0 Å². The topological polar surface area (TPSA) is 231 Å². The van der Waals surface area contributed by atoms with Gasteiger partial charge in [-0.3, -0.25) is 32.5 Å². The summed E-state index contributed by atoms with van der Waals surface area (Å²) in [6, 6.07) is 0. The Morgan fingerprint density at radius 2 is 0.562 bits per heavy atom. The molecule has 89 heavy (non-hydrogen) atoms. The number of carbonyl (C=O) groups is 3. The molecule has 0 amide bonds. The summed E-state index contributed by atoms with van der Waals surface area (Å²) in [4.78, 5) is 58.3. The number of unbranched alkanes of at least 4 members (excludes halogenated alkanes) is 14. The van der Waals surface area contributed by atoms with Crippen LogP contribution in [-0.2, 0) is 55.8 Å². The third-order valence-corrected chi connectivity index (χ3v) is 14.9. The number of aliphatic hydroxyl groups is 2. The SMILES string of the molecule is CC/C=C\C/C=C\C/C=C\C/C=C\C/C=C\CCCCCC(=O)OCC(O)COP(=O)(O)OCC(O)COP(=O)(O)OCC(COC(=O)CCCCCC/C=C\C/C=C\C/C=C\C/C=C\CC)OC(=O)CCCCCCCCC/C=C\C/C=C\C/C=C\CC. The van der Waals surface area contributed by atoms with Crippen LogP contribution < -0.4 is 0 Å². The van der Waals surface area contributed by atoms with Crippen molar-refractivity contribution in [2.24, 2.45) is 0 Å². The molecule has 0 spiro atoms. The van der Waals surface area contributed by atoms with Crippen LogP contribution >= 0.6 is 15.6 Å². The van der Waals surface area contributed by atoms with Crippen LogP contribution in [0, 0.1) is 0 Å². The molecule has 0 heterocycles. The predicted octanol–water partition coefficient (Wildman–Crippen LogP) is 18.2. The Bertz CT molecular complexity index is 2210. The van der Waals surface area contributed by atoms with E-state index in [-0.39, 0.29) is 19.3 Å². The maximum atomic E-state index is 12.9. The third kappa shape index (κ3) is 64.8. The second kappa shape index (κ2) is 63.6. The van der Waals surface area contributed by atoms with Gasteiger partial charge >= 0.3 is 33.6 Å². The molecule has 0 aliphatic rings. The molecule has 0 aliphatic heterocycles. The van der Waals surface area contributed by atoms with Gasteiger partial charge in [-0.2, -0.15) is 0 Å². The van der Waals surface area contributed by atoms with Gasteiger partial charge in [0.2, 0.25) is 0 Å². The standard InChI is InChI=1S/C71H116O16P2/c1-4-7-10-13-16-19-22-25-28-31-32-35-37-39-42-45-48-51-54-57-69(74)81-60-66(72)61-83-88(77,78)84-62-67(73)63-85-89(79,80)86-65-68(87-71(76)59-56-53-50-47-44-41-38-34-30-27-24-21-18-15-12-9-6-3)64-82-70(75)58-55-52-49-46-43-40-36-33-29-26-23-20-17-14-11-8-5-2/h7-12,16-21,25-30,32,35-36,39-40,42,66-68,72-73H,4-6,13-15,22-24,31,33-34,37-38,41,43-65H2,1-3H3,(H,77,78)(H,79,80)/b10-7-,11-8-,12-9-,19-16-,20-17-,21-18-,28-25-,29-26-,30-27-,35-32-,40-36-,42-39-. The maximum Gasteiger partial charge on any atom is 0.472 e. The summed E-state index contributed by atoms with van der Waals surface area (Å²) in [5.41, 5.74) is 0. The Kier molecular flexibility index (Phi) is 60.3. The molecule has 5 atom stereocenters. The second-order valence-corrected chi connectivity index (χ2v) is 24.4. The van der Waals surface area contributed by atoms with E-state index < -0.39 is 91.5 Å². The van der Waals surface area contributed by atoms with Crippen LogP contribution in [0.5, 0.6) is 0 Å². The maximum absolute atomic E-state index is 12.9. The predicted molar refractivity (Wildman–Crippen MR) is 362 cm³/mol. The van der Waals surface area contributed by atoms with E-state index in [1.807, 2.05) is 0 Å². The molecule has 0 fully saturated rings. The van der Waals surface area contributed by atoms with Gasteiger partial charge in [0.05, 0.1) is 26.4 Å². The minimum atomic E-state index is -4.94. The molecule has 0 aromatic heterocycles. The number of carbonyl (C=O) groups excluding carboxylic acids is 3. The fraction of sp³-hybridized carbons (Fsp3) is 0.620. The molecule has 0 radical (unpaired) electrons. The van der Waals surface area contributed by atoms with Crippen LogP contribution in [0.4, 0.5) is 0 Å². The highest BCUT2D eigenvalue weighted by atomic mass is 31.2. The van der Waals surface area contributed by atoms with Crippen LogP contribution in [0.25, 0.3) is 0 Å². The highest BCUT2D eigenvalue weighted by Crippen LogP contribution is 2.45. The summed E-state index contributed by atoms with van der Waals surface area (Å²) in [6.07, 6.45) is 74.7. The molecule has 0 aromatic carbocycles. The van der Waals surface area contributed by atoms with E-state index in [4.69, 9.17) is 32.3 Å². The Balaban J connectivity index is 4.78. The molecule has 0 saturated heterocycles. The van der Waals surface area contributed by atoms with Gasteiger partial charge in [-0.25, -0.2) is 9.13 Å². The minimum absolute atomic E-state index is 0.0815. The van der Waals surface area contributed by atoms with Crippen molar-refractivity contribution in [3.63, 3.8) is 0 Å². The number of esters is 3. The van der Waals surface area contributed by atoms with Gasteiger partial charge in [0, 0.05) is 19.3 Å². The number of phosphoric acid groups is 2. The summed E-state index contributed by atoms with van der Waals surface area (Å²) in [6.45, 7) is 2.22. The fourth-order valence-electron chi connectivity index (χ4n) is 8.07. The van der Waals surface area contributed by atoms with Crippen molar-refractivity contribution in [3.8, 4) is 0 Å². The second-order valence-electron chi connectivity index (χ2n) is 21.5. The normalized spacial score (nSPS) is 15.2. The summed E-state index contributed by atoms with van der Waals surface area (Å²) >= 11 is 0. The minimum Gasteiger partial charge on any atom is -0.463 e. The zero-order valence-corrected chi connectivity index (χ0v) is 56.3. The molecular formula is C71H116O16P2. The first-order valence-corrected chi connectivity index (χ1v) is 36.1. The summed E-state index contributed by atoms with van der Waals surface area (Å²) in [5.74, 6) is -1.66. The van der Waals surface area contributed by atoms with Crippen molar-refractivity contribution < 1.29 is 75.8 Å². The highest BCUT2D eigenvalue weighted by Gasteiger charge is 2.29. The Morgan fingerprint density at radius 1 is 0.315 bits per heavy atom. The van der Waals surface area contributed by atoms with Gasteiger partial charge < -0.3 is 34.2 Å². The molecule has 0 aromatic rings. The molecule has 0 aliphatic carbocycles. The first-order chi connectivity index (χ1) is 43.2. The lowest BCUT2D eigenvalue weighted by Gasteiger charge is -2.21. The molecule has 0 saturated carbocycles. The van der Waals surface area contributed by atoms with Gasteiger partial charge in [-0.15, -0.1) is 0 Å². The van der Waals surface area contributed by atoms with Gasteiger partial charge in [-0.05, 0) is 135 Å². The summed E-state index contributed by atoms with van der Waals surface area (Å²) in [5, 5.41) is 20.5. The first-order valence-electron chi connectivity index (χ1n) is 33.1. The Morgan fingerprint density at radius 3 is 0.899 bits per heavy atom. The van der Waals surface area contributed by atoms with Crippen LogP contribution in [-0.4, -0.2) is 95.9 Å². The molecule has 5 unspecified atom stereocenters. The Hall–Kier alpha value is -4.57. The van der Waals surface area contributed by atoms with E-state index in [0.29, 0.717) is 19.3 Å². The number of ether oxygens (including phenoxy) is 3. The lowest BCUT2D eigenvalue weighted by molar-refractivity contribution is -0.161. The summed E-state index contributed by atoms with van der Waals surface area (Å²) < 4.78 is 60.8. The van der Waals surface area contributed by atoms with Crippen molar-refractivity contribution in [2.45, 2.75) is 245 Å². The quantitative estimate of drug-likeness (QED) is 0.0146. The molecular weight excluding hydrogens is 1170 g/mol. The van der Waals surface area contributed by atoms with E-state index in [1.165, 1.54) is 0 Å². The average Bonchev–Trinajstić information content (AvgIpc) is 3.54.